The van der Waals surface area contributed by atoms with Crippen molar-refractivity contribution in [1.29, 1.82) is 0 Å². The van der Waals surface area contributed by atoms with Crippen molar-refractivity contribution in [3.05, 3.63) is 0 Å². The van der Waals surface area contributed by atoms with Crippen molar-refractivity contribution < 1.29 is 14.7 Å². The van der Waals surface area contributed by atoms with Crippen LogP contribution >= 0.6 is 0 Å². The smallest absolute Gasteiger partial charge is 0.317 e. The molecule has 0 aliphatic carbocycles. The van der Waals surface area contributed by atoms with Crippen LogP contribution in [-0.4, -0.2) is 40.6 Å². The van der Waals surface area contributed by atoms with E-state index in [1.54, 1.807) is 32.6 Å². The monoisotopic (exact) mass is 242 g/mol. The molecule has 0 aromatic carbocycles. The summed E-state index contributed by atoms with van der Waals surface area (Å²) >= 11 is 0. The summed E-state index contributed by atoms with van der Waals surface area (Å²) in [7, 11) is 0. The van der Waals surface area contributed by atoms with Crippen LogP contribution in [0, 0.1) is 5.41 Å². The molecule has 0 spiro atoms. The SMILES string of the molecule is CC(C)(NC(=O)N1CCCC1)C(C)(C)C(=O)O. The number of hydrogen-bond acceptors (Lipinski definition) is 2. The number of likely N-dealkylation sites (tertiary alicyclic amines) is 1. The lowest BCUT2D eigenvalue weighted by atomic mass is 9.74. The first-order valence-corrected chi connectivity index (χ1v) is 5.99. The van der Waals surface area contributed by atoms with E-state index >= 15 is 0 Å². The molecule has 1 aliphatic rings. The summed E-state index contributed by atoms with van der Waals surface area (Å²) in [6.45, 7) is 8.26. The van der Waals surface area contributed by atoms with Gasteiger partial charge in [0.05, 0.1) is 11.0 Å². The normalized spacial score (nSPS) is 17.1. The lowest BCUT2D eigenvalue weighted by Gasteiger charge is -2.39. The minimum atomic E-state index is -1.01. The number of aliphatic carboxylic acids is 1. The molecular formula is C12H22N2O3. The molecule has 0 bridgehead atoms. The van der Waals surface area contributed by atoms with Crippen molar-refractivity contribution >= 4 is 12.0 Å². The molecule has 2 amide bonds. The fraction of sp³-hybridized carbons (Fsp3) is 0.833. The van der Waals surface area contributed by atoms with Gasteiger partial charge in [-0.2, -0.15) is 0 Å². The van der Waals surface area contributed by atoms with Crippen LogP contribution < -0.4 is 5.32 Å². The third kappa shape index (κ3) is 2.70. The number of nitrogens with zero attached hydrogens (tertiary/aromatic N) is 1. The molecule has 1 rings (SSSR count). The van der Waals surface area contributed by atoms with Gasteiger partial charge in [0.15, 0.2) is 0 Å². The molecular weight excluding hydrogens is 220 g/mol. The molecule has 0 atom stereocenters. The Morgan fingerprint density at radius 1 is 1.12 bits per heavy atom. The fourth-order valence-corrected chi connectivity index (χ4v) is 1.69. The van der Waals surface area contributed by atoms with Crippen molar-refractivity contribution in [2.45, 2.75) is 46.1 Å². The number of carbonyl (C=O) groups excluding carboxylic acids is 1. The molecule has 1 saturated heterocycles. The summed E-state index contributed by atoms with van der Waals surface area (Å²) in [5.74, 6) is -0.913. The van der Waals surface area contributed by atoms with Crippen LogP contribution in [0.4, 0.5) is 4.79 Å². The van der Waals surface area contributed by atoms with Crippen LogP contribution in [0.25, 0.3) is 0 Å². The van der Waals surface area contributed by atoms with Gasteiger partial charge >= 0.3 is 12.0 Å². The van der Waals surface area contributed by atoms with Crippen molar-refractivity contribution in [3.8, 4) is 0 Å². The van der Waals surface area contributed by atoms with Gasteiger partial charge in [-0.05, 0) is 40.5 Å². The molecule has 0 aromatic rings. The maximum absolute atomic E-state index is 12.0. The second kappa shape index (κ2) is 4.55. The number of nitrogens with one attached hydrogen (secondary N) is 1. The van der Waals surface area contributed by atoms with E-state index in [1.807, 2.05) is 0 Å². The highest BCUT2D eigenvalue weighted by Crippen LogP contribution is 2.31. The van der Waals surface area contributed by atoms with Gasteiger partial charge in [0.25, 0.3) is 0 Å². The molecule has 1 heterocycles. The van der Waals surface area contributed by atoms with Gasteiger partial charge in [0, 0.05) is 13.1 Å². The van der Waals surface area contributed by atoms with Gasteiger partial charge in [0.1, 0.15) is 0 Å². The number of rotatable bonds is 3. The van der Waals surface area contributed by atoms with Gasteiger partial charge in [-0.3, -0.25) is 4.79 Å². The average molecular weight is 242 g/mol. The Morgan fingerprint density at radius 3 is 2.00 bits per heavy atom. The third-order valence-electron chi connectivity index (χ3n) is 3.91. The number of hydrogen-bond donors (Lipinski definition) is 2. The van der Waals surface area contributed by atoms with Crippen LogP contribution in [0.15, 0.2) is 0 Å². The van der Waals surface area contributed by atoms with E-state index in [4.69, 9.17) is 0 Å². The van der Waals surface area contributed by atoms with Crippen molar-refractivity contribution in [1.82, 2.24) is 10.2 Å². The van der Waals surface area contributed by atoms with E-state index in [9.17, 15) is 14.7 Å². The van der Waals surface area contributed by atoms with Gasteiger partial charge < -0.3 is 15.3 Å². The van der Waals surface area contributed by atoms with Crippen LogP contribution in [0.5, 0.6) is 0 Å². The summed E-state index contributed by atoms with van der Waals surface area (Å²) in [6.07, 6.45) is 2.05. The quantitative estimate of drug-likeness (QED) is 0.791. The molecule has 17 heavy (non-hydrogen) atoms. The van der Waals surface area contributed by atoms with Crippen LogP contribution in [0.3, 0.4) is 0 Å². The number of amides is 2. The zero-order valence-electron chi connectivity index (χ0n) is 11.0. The Morgan fingerprint density at radius 2 is 1.59 bits per heavy atom. The minimum Gasteiger partial charge on any atom is -0.481 e. The Kier molecular flexibility index (Phi) is 3.69. The standard InChI is InChI=1S/C12H22N2O3/c1-11(2,9(15)16)12(3,4)13-10(17)14-7-5-6-8-14/h5-8H2,1-4H3,(H,13,17)(H,15,16). The first kappa shape index (κ1) is 13.8. The van der Waals surface area contributed by atoms with Gasteiger partial charge in [-0.1, -0.05) is 0 Å². The largest absolute Gasteiger partial charge is 0.481 e. The van der Waals surface area contributed by atoms with E-state index in [1.165, 1.54) is 0 Å². The highest BCUT2D eigenvalue weighted by Gasteiger charge is 2.45. The first-order chi connectivity index (χ1) is 7.68. The average Bonchev–Trinajstić information content (AvgIpc) is 2.68. The summed E-state index contributed by atoms with van der Waals surface area (Å²) in [6, 6.07) is -0.165. The van der Waals surface area contributed by atoms with Gasteiger partial charge in [-0.25, -0.2) is 4.79 Å². The molecule has 5 nitrogen and oxygen atoms in total. The van der Waals surface area contributed by atoms with Crippen molar-refractivity contribution in [2.75, 3.05) is 13.1 Å². The lowest BCUT2D eigenvalue weighted by Crippen LogP contribution is -2.59. The molecule has 0 radical (unpaired) electrons. The molecule has 0 aromatic heterocycles. The fourth-order valence-electron chi connectivity index (χ4n) is 1.69. The number of carbonyl (C=O) groups is 2. The number of carboxylic acid groups (broad SMARTS) is 1. The highest BCUT2D eigenvalue weighted by molar-refractivity contribution is 5.79. The van der Waals surface area contributed by atoms with E-state index < -0.39 is 16.9 Å². The highest BCUT2D eigenvalue weighted by atomic mass is 16.4. The summed E-state index contributed by atoms with van der Waals surface area (Å²) in [5, 5.41) is 12.0. The van der Waals surface area contributed by atoms with Crippen LogP contribution in [0.1, 0.15) is 40.5 Å². The Labute approximate surface area is 102 Å². The molecule has 2 N–H and O–H groups in total. The maximum Gasteiger partial charge on any atom is 0.317 e. The predicted octanol–water partition coefficient (Wildman–Crippen LogP) is 1.68. The second-order valence-electron chi connectivity index (χ2n) is 5.68. The predicted molar refractivity (Wildman–Crippen MR) is 64.8 cm³/mol. The van der Waals surface area contributed by atoms with Gasteiger partial charge in [-0.15, -0.1) is 0 Å². The summed E-state index contributed by atoms with van der Waals surface area (Å²) < 4.78 is 0. The van der Waals surface area contributed by atoms with Crippen molar-refractivity contribution in [3.63, 3.8) is 0 Å². The molecule has 98 valence electrons. The number of urea groups is 1. The zero-order valence-corrected chi connectivity index (χ0v) is 11.0. The van der Waals surface area contributed by atoms with Crippen LogP contribution in [-0.2, 0) is 4.79 Å². The molecule has 5 heteroatoms. The lowest BCUT2D eigenvalue weighted by molar-refractivity contribution is -0.150. The van der Waals surface area contributed by atoms with Gasteiger partial charge in [0.2, 0.25) is 0 Å². The Balaban J connectivity index is 2.71. The number of carboxylic acids is 1. The van der Waals surface area contributed by atoms with E-state index in [0.717, 1.165) is 25.9 Å². The van der Waals surface area contributed by atoms with E-state index in [2.05, 4.69) is 5.32 Å². The zero-order chi connectivity index (χ0) is 13.3. The summed E-state index contributed by atoms with van der Waals surface area (Å²) in [4.78, 5) is 24.9. The molecule has 0 saturated carbocycles. The molecule has 0 unspecified atom stereocenters. The van der Waals surface area contributed by atoms with E-state index in [0.29, 0.717) is 0 Å². The van der Waals surface area contributed by atoms with Crippen molar-refractivity contribution in [2.24, 2.45) is 5.41 Å². The Hall–Kier alpha value is -1.26. The third-order valence-corrected chi connectivity index (χ3v) is 3.91. The second-order valence-corrected chi connectivity index (χ2v) is 5.68. The molecule has 1 fully saturated rings. The summed E-state index contributed by atoms with van der Waals surface area (Å²) in [5.41, 5.74) is -1.80. The minimum absolute atomic E-state index is 0.165. The topological polar surface area (TPSA) is 69.6 Å². The first-order valence-electron chi connectivity index (χ1n) is 5.99. The van der Waals surface area contributed by atoms with Crippen LogP contribution in [0.2, 0.25) is 0 Å². The maximum atomic E-state index is 12.0. The Bertz CT molecular complexity index is 318. The molecule has 1 aliphatic heterocycles. The van der Waals surface area contributed by atoms with E-state index in [-0.39, 0.29) is 6.03 Å².